The minimum absolute atomic E-state index is 0.0826. The predicted octanol–water partition coefficient (Wildman–Crippen LogP) is 5.04. The number of nitrogens with one attached hydrogen (secondary N) is 1. The van der Waals surface area contributed by atoms with Gasteiger partial charge in [-0.3, -0.25) is 9.78 Å². The molecule has 4 heteroatoms. The Balaban J connectivity index is 2.09. The monoisotopic (exact) mass is 478 g/mol. The van der Waals surface area contributed by atoms with Crippen molar-refractivity contribution in [2.24, 2.45) is 0 Å². The van der Waals surface area contributed by atoms with Crippen LogP contribution in [-0.4, -0.2) is 25.0 Å². The summed E-state index contributed by atoms with van der Waals surface area (Å²) >= 11 is 0. The van der Waals surface area contributed by atoms with Crippen molar-refractivity contribution in [1.82, 2.24) is 10.3 Å². The zero-order chi connectivity index (χ0) is 25.1. The van der Waals surface area contributed by atoms with E-state index < -0.39 is 8.07 Å². The molecule has 1 unspecified atom stereocenters. The van der Waals surface area contributed by atoms with Crippen LogP contribution in [0, 0.1) is 0 Å². The van der Waals surface area contributed by atoms with Crippen LogP contribution in [0.3, 0.4) is 0 Å². The van der Waals surface area contributed by atoms with E-state index in [1.165, 1.54) is 21.1 Å². The molecule has 0 spiro atoms. The Morgan fingerprint density at radius 2 is 1.54 bits per heavy atom. The second-order valence-corrected chi connectivity index (χ2v) is 14.9. The van der Waals surface area contributed by atoms with Gasteiger partial charge < -0.3 is 5.32 Å². The van der Waals surface area contributed by atoms with Crippen molar-refractivity contribution < 1.29 is 4.79 Å². The Labute approximate surface area is 209 Å². The second kappa shape index (κ2) is 10.0. The Kier molecular flexibility index (Phi) is 7.04. The number of nitrogens with zero attached hydrogens (tertiary/aromatic N) is 1. The summed E-state index contributed by atoms with van der Waals surface area (Å²) in [5.74, 6) is -0.0826. The minimum Gasteiger partial charge on any atom is -0.350 e. The van der Waals surface area contributed by atoms with Crippen LogP contribution in [0.25, 0.3) is 16.8 Å². The van der Waals surface area contributed by atoms with Gasteiger partial charge in [-0.25, -0.2) is 0 Å². The molecule has 0 aliphatic rings. The van der Waals surface area contributed by atoms with Crippen molar-refractivity contribution >= 4 is 46.5 Å². The molecule has 35 heavy (non-hydrogen) atoms. The molecule has 1 amide bonds. The van der Waals surface area contributed by atoms with E-state index in [-0.39, 0.29) is 17.0 Å². The summed E-state index contributed by atoms with van der Waals surface area (Å²) in [7, 11) is -2.73. The summed E-state index contributed by atoms with van der Waals surface area (Å²) in [6.07, 6.45) is 5.57. The first-order valence-corrected chi connectivity index (χ1v) is 14.2. The molecule has 1 heterocycles. The molecule has 1 aromatic heterocycles. The van der Waals surface area contributed by atoms with Gasteiger partial charge in [-0.05, 0) is 57.7 Å². The van der Waals surface area contributed by atoms with Gasteiger partial charge in [-0.2, -0.15) is 0 Å². The quantitative estimate of drug-likeness (QED) is 0.311. The van der Waals surface area contributed by atoms with E-state index in [2.05, 4.69) is 105 Å². The van der Waals surface area contributed by atoms with Gasteiger partial charge in [0, 0.05) is 23.6 Å². The maximum atomic E-state index is 12.5. The molecule has 4 rings (SSSR count). The third kappa shape index (κ3) is 4.71. The molecular formula is C31H34N2OSi. The number of hydrogen-bond donors (Lipinski definition) is 1. The van der Waals surface area contributed by atoms with Crippen molar-refractivity contribution in [3.8, 4) is 0 Å². The molecule has 3 nitrogen and oxygen atoms in total. The lowest BCUT2D eigenvalue weighted by Gasteiger charge is -2.44. The van der Waals surface area contributed by atoms with Crippen LogP contribution >= 0.6 is 0 Å². The molecule has 178 valence electrons. The standard InChI is InChI=1S/C31H34N2OSi/c1-23(2)33-29(34)20-19-25-14-10-12-18-28(25)35(31(3,4)5,26-15-7-6-8-16-26)30-27-17-11-9-13-24(27)21-22-32-30/h6-23H,1-5H3,(H,33,34)/b20-19+. The number of hydrogen-bond acceptors (Lipinski definition) is 2. The van der Waals surface area contributed by atoms with Crippen molar-refractivity contribution in [2.75, 3.05) is 0 Å². The average Bonchev–Trinajstić information content (AvgIpc) is 2.83. The fourth-order valence-corrected chi connectivity index (χ4v) is 11.0. The summed E-state index contributed by atoms with van der Waals surface area (Å²) in [5.41, 5.74) is 1.06. The number of rotatable bonds is 6. The Hall–Kier alpha value is -3.50. The maximum Gasteiger partial charge on any atom is 0.244 e. The highest BCUT2D eigenvalue weighted by molar-refractivity contribution is 7.14. The Morgan fingerprint density at radius 1 is 0.886 bits per heavy atom. The predicted molar refractivity (Wildman–Crippen MR) is 151 cm³/mol. The Bertz CT molecular complexity index is 1350. The fraction of sp³-hybridized carbons (Fsp3) is 0.226. The van der Waals surface area contributed by atoms with Crippen molar-refractivity contribution in [2.45, 2.75) is 45.7 Å². The molecule has 0 saturated heterocycles. The lowest BCUT2D eigenvalue weighted by Crippen LogP contribution is -2.73. The van der Waals surface area contributed by atoms with Gasteiger partial charge in [0.25, 0.3) is 0 Å². The zero-order valence-electron chi connectivity index (χ0n) is 21.2. The molecule has 0 fully saturated rings. The smallest absolute Gasteiger partial charge is 0.244 e. The first-order chi connectivity index (χ1) is 16.7. The van der Waals surface area contributed by atoms with Crippen molar-refractivity contribution in [1.29, 1.82) is 0 Å². The third-order valence-electron chi connectivity index (χ3n) is 6.57. The van der Waals surface area contributed by atoms with Gasteiger partial charge in [0.05, 0.1) is 0 Å². The fourth-order valence-electron chi connectivity index (χ4n) is 5.20. The highest BCUT2D eigenvalue weighted by Crippen LogP contribution is 2.37. The van der Waals surface area contributed by atoms with Gasteiger partial charge in [0.1, 0.15) is 0 Å². The minimum atomic E-state index is -2.73. The van der Waals surface area contributed by atoms with E-state index in [9.17, 15) is 4.79 Å². The number of carbonyl (C=O) groups is 1. The summed E-state index contributed by atoms with van der Waals surface area (Å²) in [5, 5.41) is 8.96. The summed E-state index contributed by atoms with van der Waals surface area (Å²) in [6.45, 7) is 10.9. The van der Waals surface area contributed by atoms with Gasteiger partial charge in [-0.15, -0.1) is 0 Å². The highest BCUT2D eigenvalue weighted by atomic mass is 28.3. The lowest BCUT2D eigenvalue weighted by molar-refractivity contribution is -0.116. The second-order valence-electron chi connectivity index (χ2n) is 10.3. The molecule has 0 bridgehead atoms. The lowest BCUT2D eigenvalue weighted by atomic mass is 10.2. The number of carbonyl (C=O) groups excluding carboxylic acids is 1. The van der Waals surface area contributed by atoms with Crippen LogP contribution in [0.1, 0.15) is 40.2 Å². The van der Waals surface area contributed by atoms with Crippen LogP contribution in [0.2, 0.25) is 5.04 Å². The van der Waals surface area contributed by atoms with Gasteiger partial charge in [0.15, 0.2) is 8.07 Å². The average molecular weight is 479 g/mol. The number of fused-ring (bicyclic) bond motifs is 1. The normalized spacial score (nSPS) is 13.8. The summed E-state index contributed by atoms with van der Waals surface area (Å²) in [4.78, 5) is 17.6. The number of pyridine rings is 1. The SMILES string of the molecule is CC(C)NC(=O)/C=C/c1ccccc1[Si](c1ccccc1)(c1nccc2ccccc12)C(C)(C)C. The molecule has 0 saturated carbocycles. The maximum absolute atomic E-state index is 12.5. The third-order valence-corrected chi connectivity index (χ3v) is 12.4. The van der Waals surface area contributed by atoms with E-state index in [4.69, 9.17) is 4.98 Å². The van der Waals surface area contributed by atoms with E-state index in [0.717, 1.165) is 10.9 Å². The van der Waals surface area contributed by atoms with E-state index >= 15 is 0 Å². The molecule has 4 aromatic rings. The number of amides is 1. The van der Waals surface area contributed by atoms with Crippen molar-refractivity contribution in [3.05, 3.63) is 103 Å². The van der Waals surface area contributed by atoms with Gasteiger partial charge in [0.2, 0.25) is 5.91 Å². The topological polar surface area (TPSA) is 42.0 Å². The number of aromatic nitrogens is 1. The molecule has 1 N–H and O–H groups in total. The van der Waals surface area contributed by atoms with Crippen molar-refractivity contribution in [3.63, 3.8) is 0 Å². The molecule has 0 radical (unpaired) electrons. The molecule has 0 aliphatic carbocycles. The first kappa shape index (κ1) is 24.6. The molecule has 1 atom stereocenters. The van der Waals surface area contributed by atoms with Gasteiger partial charge >= 0.3 is 0 Å². The largest absolute Gasteiger partial charge is 0.350 e. The highest BCUT2D eigenvalue weighted by Gasteiger charge is 2.52. The van der Waals surface area contributed by atoms with Crippen LogP contribution in [0.5, 0.6) is 0 Å². The molecule has 3 aromatic carbocycles. The summed E-state index contributed by atoms with van der Waals surface area (Å²) < 4.78 is 0. The first-order valence-electron chi connectivity index (χ1n) is 12.2. The van der Waals surface area contributed by atoms with E-state index in [1.807, 2.05) is 32.2 Å². The Morgan fingerprint density at radius 3 is 2.26 bits per heavy atom. The number of benzene rings is 3. The van der Waals surface area contributed by atoms with E-state index in [1.54, 1.807) is 6.08 Å². The molecule has 0 aliphatic heterocycles. The zero-order valence-corrected chi connectivity index (χ0v) is 22.2. The molecular weight excluding hydrogens is 444 g/mol. The van der Waals surface area contributed by atoms with E-state index in [0.29, 0.717) is 0 Å². The summed E-state index contributed by atoms with van der Waals surface area (Å²) in [6, 6.07) is 30.1. The van der Waals surface area contributed by atoms with Crippen LogP contribution in [-0.2, 0) is 4.79 Å². The van der Waals surface area contributed by atoms with Gasteiger partial charge in [-0.1, -0.05) is 99.6 Å². The van der Waals surface area contributed by atoms with Crippen LogP contribution in [0.4, 0.5) is 0 Å². The van der Waals surface area contributed by atoms with Crippen LogP contribution in [0.15, 0.2) is 97.2 Å². The van der Waals surface area contributed by atoms with Crippen LogP contribution < -0.4 is 21.0 Å².